The molecule has 0 spiro atoms. The highest BCUT2D eigenvalue weighted by Gasteiger charge is 2.06. The Kier molecular flexibility index (Phi) is 9.26. The highest BCUT2D eigenvalue weighted by Crippen LogP contribution is 2.06. The number of aliphatic imine (C=N–C) groups is 1. The molecule has 6 heteroatoms. The molecule has 126 valence electrons. The van der Waals surface area contributed by atoms with Gasteiger partial charge >= 0.3 is 0 Å². The molecule has 1 atom stereocenters. The molecule has 0 bridgehead atoms. The third-order valence-corrected chi connectivity index (χ3v) is 3.47. The minimum atomic E-state index is 0.456. The van der Waals surface area contributed by atoms with Gasteiger partial charge in [0.05, 0.1) is 0 Å². The van der Waals surface area contributed by atoms with Gasteiger partial charge in [-0.15, -0.1) is 10.2 Å². The van der Waals surface area contributed by atoms with E-state index in [1.165, 1.54) is 12.8 Å². The lowest BCUT2D eigenvalue weighted by molar-refractivity contribution is 0.489. The quantitative estimate of drug-likeness (QED) is 0.396. The summed E-state index contributed by atoms with van der Waals surface area (Å²) < 4.78 is 2.00. The smallest absolute Gasteiger partial charge is 0.191 e. The van der Waals surface area contributed by atoms with Crippen molar-refractivity contribution in [2.45, 2.75) is 66.0 Å². The number of unbranched alkanes of at least 4 members (excludes halogenated alkanes) is 1. The molecule has 0 aliphatic carbocycles. The first-order chi connectivity index (χ1) is 10.6. The standard InChI is InChI=1S/C16H32N6/c1-5-17-16(21-15(4)9-8-14(2)3)18-10-6-7-11-22-12-19-20-13-22/h12-15H,5-11H2,1-4H3,(H2,17,18,21). The molecule has 6 nitrogen and oxygen atoms in total. The van der Waals surface area contributed by atoms with Crippen LogP contribution in [0.25, 0.3) is 0 Å². The topological polar surface area (TPSA) is 67.1 Å². The number of aromatic nitrogens is 3. The molecular weight excluding hydrogens is 276 g/mol. The molecule has 0 fully saturated rings. The number of nitrogens with zero attached hydrogens (tertiary/aromatic N) is 4. The first-order valence-corrected chi connectivity index (χ1v) is 8.49. The van der Waals surface area contributed by atoms with Gasteiger partial charge in [-0.25, -0.2) is 0 Å². The molecule has 0 amide bonds. The molecule has 22 heavy (non-hydrogen) atoms. The van der Waals surface area contributed by atoms with E-state index < -0.39 is 0 Å². The Labute approximate surface area is 134 Å². The van der Waals surface area contributed by atoms with Gasteiger partial charge < -0.3 is 15.2 Å². The van der Waals surface area contributed by atoms with E-state index in [0.29, 0.717) is 6.04 Å². The van der Waals surface area contributed by atoms with Gasteiger partial charge in [-0.1, -0.05) is 13.8 Å². The van der Waals surface area contributed by atoms with Gasteiger partial charge in [-0.05, 0) is 45.4 Å². The second-order valence-corrected chi connectivity index (χ2v) is 6.18. The molecule has 0 saturated carbocycles. The van der Waals surface area contributed by atoms with Gasteiger partial charge in [0.2, 0.25) is 0 Å². The maximum atomic E-state index is 4.65. The number of nitrogens with one attached hydrogen (secondary N) is 2. The fourth-order valence-electron chi connectivity index (χ4n) is 2.14. The predicted molar refractivity (Wildman–Crippen MR) is 91.9 cm³/mol. The highest BCUT2D eigenvalue weighted by atomic mass is 15.2. The van der Waals surface area contributed by atoms with Crippen molar-refractivity contribution in [3.63, 3.8) is 0 Å². The van der Waals surface area contributed by atoms with Crippen molar-refractivity contribution in [2.75, 3.05) is 13.1 Å². The van der Waals surface area contributed by atoms with Crippen LogP contribution in [0.1, 0.15) is 53.4 Å². The normalized spacial score (nSPS) is 13.4. The lowest BCUT2D eigenvalue weighted by atomic mass is 10.0. The summed E-state index contributed by atoms with van der Waals surface area (Å²) in [4.78, 5) is 4.65. The van der Waals surface area contributed by atoms with E-state index in [4.69, 9.17) is 0 Å². The Morgan fingerprint density at radius 3 is 2.50 bits per heavy atom. The number of rotatable bonds is 10. The summed E-state index contributed by atoms with van der Waals surface area (Å²) in [5.74, 6) is 1.68. The number of aryl methyl sites for hydroxylation is 1. The summed E-state index contributed by atoms with van der Waals surface area (Å²) in [6.07, 6.45) is 8.08. The zero-order valence-corrected chi connectivity index (χ0v) is 14.5. The van der Waals surface area contributed by atoms with Crippen molar-refractivity contribution >= 4 is 5.96 Å². The van der Waals surface area contributed by atoms with Crippen LogP contribution >= 0.6 is 0 Å². The number of guanidine groups is 1. The molecule has 1 rings (SSSR count). The van der Waals surface area contributed by atoms with E-state index >= 15 is 0 Å². The van der Waals surface area contributed by atoms with E-state index in [-0.39, 0.29) is 0 Å². The van der Waals surface area contributed by atoms with E-state index in [2.05, 4.69) is 53.5 Å². The zero-order chi connectivity index (χ0) is 16.2. The first-order valence-electron chi connectivity index (χ1n) is 8.49. The van der Waals surface area contributed by atoms with E-state index in [1.54, 1.807) is 12.7 Å². The highest BCUT2D eigenvalue weighted by molar-refractivity contribution is 5.79. The average Bonchev–Trinajstić information content (AvgIpc) is 2.98. The largest absolute Gasteiger partial charge is 0.357 e. The zero-order valence-electron chi connectivity index (χ0n) is 14.5. The van der Waals surface area contributed by atoms with Crippen molar-refractivity contribution in [3.05, 3.63) is 12.7 Å². The van der Waals surface area contributed by atoms with Gasteiger partial charge in [0.15, 0.2) is 5.96 Å². The van der Waals surface area contributed by atoms with Crippen LogP contribution in [-0.4, -0.2) is 39.9 Å². The van der Waals surface area contributed by atoms with Crippen molar-refractivity contribution < 1.29 is 0 Å². The third kappa shape index (κ3) is 8.64. The van der Waals surface area contributed by atoms with Crippen LogP contribution in [0.15, 0.2) is 17.6 Å². The molecular formula is C16H32N6. The van der Waals surface area contributed by atoms with E-state index in [1.807, 2.05) is 4.57 Å². The van der Waals surface area contributed by atoms with Crippen LogP contribution < -0.4 is 10.6 Å². The third-order valence-electron chi connectivity index (χ3n) is 3.47. The first kappa shape index (κ1) is 18.5. The number of hydrogen-bond donors (Lipinski definition) is 2. The second kappa shape index (κ2) is 11.0. The van der Waals surface area contributed by atoms with Crippen LogP contribution in [0.2, 0.25) is 0 Å². The number of hydrogen-bond acceptors (Lipinski definition) is 3. The van der Waals surface area contributed by atoms with Crippen LogP contribution in [0, 0.1) is 5.92 Å². The van der Waals surface area contributed by atoms with Gasteiger partial charge in [-0.3, -0.25) is 4.99 Å². The Bertz CT molecular complexity index is 399. The van der Waals surface area contributed by atoms with Crippen molar-refractivity contribution in [1.29, 1.82) is 0 Å². The van der Waals surface area contributed by atoms with Crippen molar-refractivity contribution in [3.8, 4) is 0 Å². The minimum absolute atomic E-state index is 0.456. The lowest BCUT2D eigenvalue weighted by Crippen LogP contribution is -2.42. The molecule has 0 radical (unpaired) electrons. The van der Waals surface area contributed by atoms with E-state index in [9.17, 15) is 0 Å². The molecule has 1 heterocycles. The Balaban J connectivity index is 2.25. The van der Waals surface area contributed by atoms with Crippen molar-refractivity contribution in [1.82, 2.24) is 25.4 Å². The molecule has 0 aliphatic heterocycles. The lowest BCUT2D eigenvalue weighted by Gasteiger charge is -2.18. The van der Waals surface area contributed by atoms with Gasteiger partial charge in [0, 0.05) is 25.7 Å². The molecule has 0 aromatic carbocycles. The van der Waals surface area contributed by atoms with Crippen LogP contribution in [0.4, 0.5) is 0 Å². The van der Waals surface area contributed by atoms with Crippen LogP contribution in [0.3, 0.4) is 0 Å². The fourth-order valence-corrected chi connectivity index (χ4v) is 2.14. The summed E-state index contributed by atoms with van der Waals surface area (Å²) in [6.45, 7) is 11.5. The molecule has 0 aliphatic rings. The van der Waals surface area contributed by atoms with Crippen molar-refractivity contribution in [2.24, 2.45) is 10.9 Å². The van der Waals surface area contributed by atoms with E-state index in [0.717, 1.165) is 44.4 Å². The van der Waals surface area contributed by atoms with Crippen LogP contribution in [-0.2, 0) is 6.54 Å². The molecule has 1 aromatic heterocycles. The molecule has 2 N–H and O–H groups in total. The minimum Gasteiger partial charge on any atom is -0.357 e. The van der Waals surface area contributed by atoms with Crippen LogP contribution in [0.5, 0.6) is 0 Å². The monoisotopic (exact) mass is 308 g/mol. The average molecular weight is 308 g/mol. The van der Waals surface area contributed by atoms with Gasteiger partial charge in [-0.2, -0.15) is 0 Å². The summed E-state index contributed by atoms with van der Waals surface area (Å²) >= 11 is 0. The summed E-state index contributed by atoms with van der Waals surface area (Å²) in [6, 6.07) is 0.456. The Morgan fingerprint density at radius 2 is 1.86 bits per heavy atom. The second-order valence-electron chi connectivity index (χ2n) is 6.18. The Hall–Kier alpha value is -1.59. The predicted octanol–water partition coefficient (Wildman–Crippen LogP) is 2.44. The summed E-state index contributed by atoms with van der Waals surface area (Å²) in [7, 11) is 0. The molecule has 1 unspecified atom stereocenters. The Morgan fingerprint density at radius 1 is 1.14 bits per heavy atom. The fraction of sp³-hybridized carbons (Fsp3) is 0.812. The molecule has 1 aromatic rings. The maximum absolute atomic E-state index is 4.65. The van der Waals surface area contributed by atoms with Gasteiger partial charge in [0.25, 0.3) is 0 Å². The maximum Gasteiger partial charge on any atom is 0.191 e. The summed E-state index contributed by atoms with van der Waals surface area (Å²) in [5.41, 5.74) is 0. The summed E-state index contributed by atoms with van der Waals surface area (Å²) in [5, 5.41) is 14.4. The van der Waals surface area contributed by atoms with Gasteiger partial charge in [0.1, 0.15) is 12.7 Å². The SMILES string of the molecule is CCNC(=NCCCCn1cnnc1)NC(C)CCC(C)C. The molecule has 0 saturated heterocycles.